The quantitative estimate of drug-likeness (QED) is 0.710. The van der Waals surface area contributed by atoms with Crippen molar-refractivity contribution in [3.63, 3.8) is 0 Å². The second-order valence-electron chi connectivity index (χ2n) is 5.45. The minimum Gasteiger partial charge on any atom is -0.394 e. The number of aliphatic hydroxyl groups excluding tert-OH is 1. The van der Waals surface area contributed by atoms with E-state index in [1.807, 2.05) is 6.92 Å². The number of hydrogen-bond acceptors (Lipinski definition) is 4. The Morgan fingerprint density at radius 3 is 2.59 bits per heavy atom. The minimum absolute atomic E-state index is 0.141. The van der Waals surface area contributed by atoms with Gasteiger partial charge in [-0.2, -0.15) is 0 Å². The Bertz CT molecular complexity index is 205. The molecule has 0 saturated carbocycles. The molecule has 1 aliphatic rings. The Morgan fingerprint density at radius 1 is 1.41 bits per heavy atom. The van der Waals surface area contributed by atoms with Crippen molar-refractivity contribution in [2.45, 2.75) is 57.7 Å². The van der Waals surface area contributed by atoms with Crippen molar-refractivity contribution in [1.82, 2.24) is 5.32 Å². The third-order valence-electron chi connectivity index (χ3n) is 3.16. The van der Waals surface area contributed by atoms with E-state index in [-0.39, 0.29) is 12.1 Å². The van der Waals surface area contributed by atoms with Crippen LogP contribution in [0.2, 0.25) is 0 Å². The van der Waals surface area contributed by atoms with Gasteiger partial charge in [-0.15, -0.1) is 0 Å². The lowest BCUT2D eigenvalue weighted by Gasteiger charge is -2.32. The van der Waals surface area contributed by atoms with Crippen molar-refractivity contribution >= 4 is 0 Å². The molecule has 0 bridgehead atoms. The number of rotatable bonds is 7. The van der Waals surface area contributed by atoms with Crippen molar-refractivity contribution in [2.24, 2.45) is 0 Å². The van der Waals surface area contributed by atoms with Crippen LogP contribution < -0.4 is 5.32 Å². The van der Waals surface area contributed by atoms with Crippen molar-refractivity contribution in [1.29, 1.82) is 0 Å². The second kappa shape index (κ2) is 7.31. The summed E-state index contributed by atoms with van der Waals surface area (Å²) in [6.45, 7) is 8.68. The van der Waals surface area contributed by atoms with Crippen molar-refractivity contribution < 1.29 is 14.6 Å². The van der Waals surface area contributed by atoms with Crippen LogP contribution >= 0.6 is 0 Å². The third-order valence-corrected chi connectivity index (χ3v) is 3.16. The summed E-state index contributed by atoms with van der Waals surface area (Å²) in [5.41, 5.74) is -0.237. The Hall–Kier alpha value is -0.160. The van der Waals surface area contributed by atoms with E-state index in [1.165, 1.54) is 0 Å². The molecule has 0 radical (unpaired) electrons. The molecular weight excluding hydrogens is 218 g/mol. The van der Waals surface area contributed by atoms with E-state index in [0.717, 1.165) is 32.5 Å². The summed E-state index contributed by atoms with van der Waals surface area (Å²) in [7, 11) is 0. The molecule has 2 N–H and O–H groups in total. The fourth-order valence-corrected chi connectivity index (χ4v) is 2.19. The van der Waals surface area contributed by atoms with Gasteiger partial charge in [0.15, 0.2) is 0 Å². The first-order valence-corrected chi connectivity index (χ1v) is 6.63. The molecule has 1 saturated heterocycles. The number of ether oxygens (including phenoxy) is 2. The van der Waals surface area contributed by atoms with Crippen molar-refractivity contribution in [2.75, 3.05) is 26.4 Å². The smallest absolute Gasteiger partial charge is 0.0619 e. The van der Waals surface area contributed by atoms with Crippen LogP contribution in [-0.2, 0) is 9.47 Å². The van der Waals surface area contributed by atoms with Crippen LogP contribution in [0.15, 0.2) is 0 Å². The van der Waals surface area contributed by atoms with E-state index in [1.54, 1.807) is 0 Å². The van der Waals surface area contributed by atoms with Gasteiger partial charge in [-0.3, -0.25) is 0 Å². The fourth-order valence-electron chi connectivity index (χ4n) is 2.19. The molecule has 0 aromatic carbocycles. The van der Waals surface area contributed by atoms with E-state index >= 15 is 0 Å². The van der Waals surface area contributed by atoms with Gasteiger partial charge >= 0.3 is 0 Å². The van der Waals surface area contributed by atoms with Crippen molar-refractivity contribution in [3.05, 3.63) is 0 Å². The average Bonchev–Trinajstić information content (AvgIpc) is 2.29. The van der Waals surface area contributed by atoms with Gasteiger partial charge in [-0.1, -0.05) is 13.8 Å². The molecular formula is C13H27NO3. The highest BCUT2D eigenvalue weighted by molar-refractivity contribution is 4.83. The highest BCUT2D eigenvalue weighted by atomic mass is 16.5. The zero-order chi connectivity index (χ0) is 12.7. The summed E-state index contributed by atoms with van der Waals surface area (Å²) < 4.78 is 11.1. The molecule has 1 unspecified atom stereocenters. The fraction of sp³-hybridized carbons (Fsp3) is 1.00. The zero-order valence-electron chi connectivity index (χ0n) is 11.4. The molecule has 1 atom stereocenters. The van der Waals surface area contributed by atoms with Crippen LogP contribution in [-0.4, -0.2) is 49.2 Å². The van der Waals surface area contributed by atoms with Gasteiger partial charge in [0.2, 0.25) is 0 Å². The zero-order valence-corrected chi connectivity index (χ0v) is 11.4. The van der Waals surface area contributed by atoms with Crippen LogP contribution in [0, 0.1) is 0 Å². The van der Waals surface area contributed by atoms with Gasteiger partial charge in [-0.05, 0) is 26.2 Å². The highest BCUT2D eigenvalue weighted by Crippen LogP contribution is 2.14. The van der Waals surface area contributed by atoms with Gasteiger partial charge in [-0.25, -0.2) is 0 Å². The molecule has 0 aromatic heterocycles. The van der Waals surface area contributed by atoms with E-state index in [9.17, 15) is 5.11 Å². The minimum atomic E-state index is -0.237. The van der Waals surface area contributed by atoms with Gasteiger partial charge in [0.05, 0.1) is 12.7 Å². The predicted octanol–water partition coefficient (Wildman–Crippen LogP) is 1.32. The third kappa shape index (κ3) is 5.82. The van der Waals surface area contributed by atoms with Crippen molar-refractivity contribution in [3.8, 4) is 0 Å². The van der Waals surface area contributed by atoms with Crippen LogP contribution in [0.1, 0.15) is 40.0 Å². The predicted molar refractivity (Wildman–Crippen MR) is 68.2 cm³/mol. The monoisotopic (exact) mass is 245 g/mol. The molecule has 1 aliphatic heterocycles. The Balaban J connectivity index is 2.22. The van der Waals surface area contributed by atoms with Crippen LogP contribution in [0.3, 0.4) is 0 Å². The summed E-state index contributed by atoms with van der Waals surface area (Å²) in [5.74, 6) is 0. The lowest BCUT2D eigenvalue weighted by Crippen LogP contribution is -2.50. The Kier molecular flexibility index (Phi) is 6.41. The van der Waals surface area contributed by atoms with E-state index in [0.29, 0.717) is 18.8 Å². The lowest BCUT2D eigenvalue weighted by atomic mass is 9.98. The average molecular weight is 245 g/mol. The molecule has 102 valence electrons. The first kappa shape index (κ1) is 14.9. The standard InChI is InChI=1S/C13H27NO3/c1-11(2)14-13(3,10-15)6-9-17-12-4-7-16-8-5-12/h11-12,14-15H,4-10H2,1-3H3. The molecule has 4 nitrogen and oxygen atoms in total. The van der Waals surface area contributed by atoms with Crippen LogP contribution in [0.5, 0.6) is 0 Å². The van der Waals surface area contributed by atoms with Gasteiger partial charge in [0, 0.05) is 31.4 Å². The summed E-state index contributed by atoms with van der Waals surface area (Å²) in [6, 6.07) is 0.371. The maximum Gasteiger partial charge on any atom is 0.0619 e. The first-order valence-electron chi connectivity index (χ1n) is 6.63. The van der Waals surface area contributed by atoms with Crippen LogP contribution in [0.25, 0.3) is 0 Å². The van der Waals surface area contributed by atoms with Gasteiger partial charge in [0.1, 0.15) is 0 Å². The Morgan fingerprint density at radius 2 is 2.06 bits per heavy atom. The number of hydrogen-bond donors (Lipinski definition) is 2. The summed E-state index contributed by atoms with van der Waals surface area (Å²) in [4.78, 5) is 0. The largest absolute Gasteiger partial charge is 0.394 e. The first-order chi connectivity index (χ1) is 8.06. The molecule has 0 aromatic rings. The molecule has 1 heterocycles. The maximum atomic E-state index is 9.43. The van der Waals surface area contributed by atoms with Crippen LogP contribution in [0.4, 0.5) is 0 Å². The molecule has 0 amide bonds. The Labute approximate surface area is 105 Å². The number of aliphatic hydroxyl groups is 1. The molecule has 4 heteroatoms. The highest BCUT2D eigenvalue weighted by Gasteiger charge is 2.24. The summed E-state index contributed by atoms with van der Waals surface area (Å²) in [6.07, 6.45) is 3.16. The molecule has 1 fully saturated rings. The molecule has 1 rings (SSSR count). The number of nitrogens with one attached hydrogen (secondary N) is 1. The van der Waals surface area contributed by atoms with Gasteiger partial charge < -0.3 is 19.9 Å². The summed E-state index contributed by atoms with van der Waals surface area (Å²) >= 11 is 0. The van der Waals surface area contributed by atoms with Gasteiger partial charge in [0.25, 0.3) is 0 Å². The molecule has 0 aliphatic carbocycles. The van der Waals surface area contributed by atoms with E-state index < -0.39 is 0 Å². The van der Waals surface area contributed by atoms with E-state index in [4.69, 9.17) is 9.47 Å². The lowest BCUT2D eigenvalue weighted by molar-refractivity contribution is -0.0392. The summed E-state index contributed by atoms with van der Waals surface area (Å²) in [5, 5.41) is 12.8. The molecule has 0 spiro atoms. The second-order valence-corrected chi connectivity index (χ2v) is 5.45. The SMILES string of the molecule is CC(C)NC(C)(CO)CCOC1CCOCC1. The topological polar surface area (TPSA) is 50.7 Å². The normalized spacial score (nSPS) is 21.7. The maximum absolute atomic E-state index is 9.43. The molecule has 17 heavy (non-hydrogen) atoms. The van der Waals surface area contributed by atoms with E-state index in [2.05, 4.69) is 19.2 Å².